The molecule has 13 heavy (non-hydrogen) atoms. The van der Waals surface area contributed by atoms with Gasteiger partial charge >= 0.3 is 0 Å². The van der Waals surface area contributed by atoms with Crippen LogP contribution in [0.2, 0.25) is 0 Å². The van der Waals surface area contributed by atoms with Crippen molar-refractivity contribution in [3.05, 3.63) is 21.2 Å². The Morgan fingerprint density at radius 3 is 2.31 bits per heavy atom. The lowest BCUT2D eigenvalue weighted by Crippen LogP contribution is -2.23. The van der Waals surface area contributed by atoms with Crippen LogP contribution in [0.15, 0.2) is 5.70 Å². The van der Waals surface area contributed by atoms with Crippen molar-refractivity contribution >= 4 is 11.7 Å². The smallest absolute Gasteiger partial charge is 0.271 e. The second-order valence-electron chi connectivity index (χ2n) is 3.48. The van der Waals surface area contributed by atoms with Crippen molar-refractivity contribution in [1.82, 2.24) is 0 Å². The fourth-order valence-corrected chi connectivity index (χ4v) is 1.15. The highest BCUT2D eigenvalue weighted by Crippen LogP contribution is 2.28. The summed E-state index contributed by atoms with van der Waals surface area (Å²) in [6.07, 6.45) is 0.0108. The Balaban J connectivity index is 4.90. The molecule has 0 aliphatic carbocycles. The number of rotatable bonds is 4. The van der Waals surface area contributed by atoms with Crippen LogP contribution in [0.3, 0.4) is 0 Å². The number of hydrogen-bond acceptors (Lipinski definition) is 3. The number of hydrogen-bond donors (Lipinski definition) is 0. The molecule has 5 nitrogen and oxygen atoms in total. The number of carbonyl (C=O) groups excluding carboxylic acids is 1. The van der Waals surface area contributed by atoms with Gasteiger partial charge in [-0.25, -0.2) is 0 Å². The topological polar surface area (TPSA) is 82.5 Å². The maximum Gasteiger partial charge on any atom is 0.271 e. The van der Waals surface area contributed by atoms with E-state index in [4.69, 9.17) is 5.41 Å². The van der Waals surface area contributed by atoms with Gasteiger partial charge in [0.05, 0.1) is 10.3 Å². The molecule has 0 saturated heterocycles. The normalized spacial score (nSPS) is 10.4. The molecule has 0 aromatic carbocycles. The Kier molecular flexibility index (Phi) is 3.51. The molecule has 0 heterocycles. The fourth-order valence-electron chi connectivity index (χ4n) is 1.15. The summed E-state index contributed by atoms with van der Waals surface area (Å²) in [5.41, 5.74) is -1.45. The summed E-state index contributed by atoms with van der Waals surface area (Å²) in [4.78, 5) is 20.4. The highest BCUT2D eigenvalue weighted by Gasteiger charge is 2.33. The monoisotopic (exact) mass is 183 g/mol. The Bertz CT molecular complexity index is 288. The number of ketones is 1. The van der Waals surface area contributed by atoms with Crippen LogP contribution in [-0.4, -0.2) is 16.6 Å². The van der Waals surface area contributed by atoms with Crippen molar-refractivity contribution in [3.63, 3.8) is 0 Å². The van der Waals surface area contributed by atoms with Gasteiger partial charge in [-0.05, 0) is 20.8 Å². The van der Waals surface area contributed by atoms with Crippen LogP contribution < -0.4 is 0 Å². The SMILES string of the molecule is CC(=O)CC(C)(C)C(=C=[N-])[N+](=O)[O-]. The summed E-state index contributed by atoms with van der Waals surface area (Å²) in [6.45, 7) is 4.36. The van der Waals surface area contributed by atoms with Gasteiger partial charge in [0, 0.05) is 6.42 Å². The van der Waals surface area contributed by atoms with E-state index >= 15 is 0 Å². The molecule has 72 valence electrons. The van der Waals surface area contributed by atoms with Crippen LogP contribution in [0, 0.1) is 15.5 Å². The second-order valence-corrected chi connectivity index (χ2v) is 3.48. The Morgan fingerprint density at radius 1 is 1.62 bits per heavy atom. The van der Waals surface area contributed by atoms with Crippen molar-refractivity contribution in [1.29, 1.82) is 0 Å². The van der Waals surface area contributed by atoms with E-state index in [1.54, 1.807) is 0 Å². The minimum Gasteiger partial charge on any atom is -0.758 e. The Labute approximate surface area is 76.1 Å². The first-order valence-electron chi connectivity index (χ1n) is 3.72. The lowest BCUT2D eigenvalue weighted by molar-refractivity contribution is -0.436. The molecular weight excluding hydrogens is 172 g/mol. The average molecular weight is 183 g/mol. The lowest BCUT2D eigenvalue weighted by atomic mass is 9.85. The van der Waals surface area contributed by atoms with Crippen LogP contribution in [-0.2, 0) is 4.79 Å². The summed E-state index contributed by atoms with van der Waals surface area (Å²) in [6, 6.07) is 0. The summed E-state index contributed by atoms with van der Waals surface area (Å²) < 4.78 is 0. The fraction of sp³-hybridized carbons (Fsp3) is 0.625. The van der Waals surface area contributed by atoms with Gasteiger partial charge in [-0.3, -0.25) is 14.9 Å². The van der Waals surface area contributed by atoms with E-state index in [0.717, 1.165) is 0 Å². The maximum absolute atomic E-state index is 10.8. The Hall–Kier alpha value is -1.48. The van der Waals surface area contributed by atoms with Gasteiger partial charge in [0.1, 0.15) is 5.78 Å². The number of Topliss-reactive ketones (excluding diaryl/α,β-unsaturated/α-hetero) is 1. The summed E-state index contributed by atoms with van der Waals surface area (Å²) in [5.74, 6) is 1.35. The van der Waals surface area contributed by atoms with E-state index in [9.17, 15) is 14.9 Å². The molecule has 0 spiro atoms. The van der Waals surface area contributed by atoms with Gasteiger partial charge in [0.15, 0.2) is 0 Å². The van der Waals surface area contributed by atoms with E-state index in [0.29, 0.717) is 0 Å². The molecule has 0 saturated carbocycles. The van der Waals surface area contributed by atoms with Gasteiger partial charge in [-0.2, -0.15) is 5.87 Å². The second kappa shape index (κ2) is 3.96. The van der Waals surface area contributed by atoms with Crippen LogP contribution in [0.4, 0.5) is 0 Å². The molecule has 0 aliphatic heterocycles. The molecule has 0 N–H and O–H groups in total. The first-order valence-corrected chi connectivity index (χ1v) is 3.72. The van der Waals surface area contributed by atoms with E-state index in [1.165, 1.54) is 26.6 Å². The van der Waals surface area contributed by atoms with Crippen LogP contribution >= 0.6 is 0 Å². The highest BCUT2D eigenvalue weighted by atomic mass is 16.6. The third kappa shape index (κ3) is 3.17. The van der Waals surface area contributed by atoms with Crippen LogP contribution in [0.25, 0.3) is 5.41 Å². The zero-order valence-corrected chi connectivity index (χ0v) is 7.83. The number of nitro groups is 1. The minimum atomic E-state index is -0.982. The van der Waals surface area contributed by atoms with E-state index in [-0.39, 0.29) is 12.2 Å². The first-order chi connectivity index (χ1) is 5.81. The largest absolute Gasteiger partial charge is 0.758 e. The summed E-state index contributed by atoms with van der Waals surface area (Å²) in [7, 11) is 0. The first kappa shape index (κ1) is 11.5. The van der Waals surface area contributed by atoms with Gasteiger partial charge in [0.2, 0.25) is 0 Å². The van der Waals surface area contributed by atoms with Gasteiger partial charge < -0.3 is 5.41 Å². The van der Waals surface area contributed by atoms with E-state index in [1.807, 2.05) is 0 Å². The molecule has 5 heteroatoms. The molecule has 0 aromatic rings. The van der Waals surface area contributed by atoms with Crippen molar-refractivity contribution in [2.75, 3.05) is 0 Å². The number of nitrogens with zero attached hydrogens (tertiary/aromatic N) is 2. The average Bonchev–Trinajstić information content (AvgIpc) is 1.82. The standard InChI is InChI=1S/C8H11N2O3/c1-6(11)4-8(2,3)7(5-9)10(12)13/h4H2,1-3H3/q-1. The molecule has 0 aliphatic rings. The molecule has 0 unspecified atom stereocenters. The predicted molar refractivity (Wildman–Crippen MR) is 48.0 cm³/mol. The molecule has 0 atom stereocenters. The number of allylic oxidation sites excluding steroid dienone is 1. The zero-order chi connectivity index (χ0) is 10.6. The lowest BCUT2D eigenvalue weighted by Gasteiger charge is -2.18. The third-order valence-electron chi connectivity index (χ3n) is 1.62. The molecule has 0 rings (SSSR count). The molecule has 0 bridgehead atoms. The van der Waals surface area contributed by atoms with Crippen molar-refractivity contribution < 1.29 is 9.72 Å². The maximum atomic E-state index is 10.8. The van der Waals surface area contributed by atoms with Crippen LogP contribution in [0.1, 0.15) is 27.2 Å². The minimum absolute atomic E-state index is 0.0108. The molecular formula is C8H11N2O3-. The van der Waals surface area contributed by atoms with Crippen molar-refractivity contribution in [2.45, 2.75) is 27.2 Å². The van der Waals surface area contributed by atoms with Crippen molar-refractivity contribution in [2.24, 2.45) is 5.41 Å². The zero-order valence-electron chi connectivity index (χ0n) is 7.83. The predicted octanol–water partition coefficient (Wildman–Crippen LogP) is 1.39. The van der Waals surface area contributed by atoms with Gasteiger partial charge in [0.25, 0.3) is 5.70 Å². The molecule has 0 aromatic heterocycles. The molecule has 0 amide bonds. The van der Waals surface area contributed by atoms with E-state index in [2.05, 4.69) is 0 Å². The summed E-state index contributed by atoms with van der Waals surface area (Å²) >= 11 is 0. The molecule has 0 radical (unpaired) electrons. The van der Waals surface area contributed by atoms with E-state index < -0.39 is 16.0 Å². The van der Waals surface area contributed by atoms with Crippen LogP contribution in [0.5, 0.6) is 0 Å². The van der Waals surface area contributed by atoms with Gasteiger partial charge in [-0.1, -0.05) is 0 Å². The van der Waals surface area contributed by atoms with Gasteiger partial charge in [-0.15, -0.1) is 0 Å². The Morgan fingerprint density at radius 2 is 2.08 bits per heavy atom. The number of carbonyl (C=O) groups is 1. The summed E-state index contributed by atoms with van der Waals surface area (Å²) in [5, 5.41) is 18.9. The third-order valence-corrected chi connectivity index (χ3v) is 1.62. The van der Waals surface area contributed by atoms with Crippen molar-refractivity contribution in [3.8, 4) is 0 Å². The molecule has 0 fully saturated rings. The quantitative estimate of drug-likeness (QED) is 0.375. The highest BCUT2D eigenvalue weighted by molar-refractivity contribution is 5.77.